The lowest BCUT2D eigenvalue weighted by Crippen LogP contribution is -2.45. The molecule has 2 atom stereocenters. The van der Waals surface area contributed by atoms with Gasteiger partial charge in [-0.05, 0) is 42.3 Å². The summed E-state index contributed by atoms with van der Waals surface area (Å²) in [5.74, 6) is -1.18. The largest absolute Gasteiger partial charge is 0.466 e. The Bertz CT molecular complexity index is 718. The third kappa shape index (κ3) is 5.29. The van der Waals surface area contributed by atoms with Crippen LogP contribution in [-0.4, -0.2) is 33.0 Å². The van der Waals surface area contributed by atoms with Gasteiger partial charge in [0.15, 0.2) is 8.32 Å². The van der Waals surface area contributed by atoms with Gasteiger partial charge < -0.3 is 13.9 Å². The Morgan fingerprint density at radius 2 is 1.78 bits per heavy atom. The molecule has 0 saturated heterocycles. The van der Waals surface area contributed by atoms with Crippen molar-refractivity contribution in [3.63, 3.8) is 0 Å². The van der Waals surface area contributed by atoms with E-state index >= 15 is 0 Å². The van der Waals surface area contributed by atoms with Crippen molar-refractivity contribution < 1.29 is 23.5 Å². The van der Waals surface area contributed by atoms with Crippen molar-refractivity contribution in [1.29, 1.82) is 0 Å². The zero-order valence-electron chi connectivity index (χ0n) is 17.1. The zero-order chi connectivity index (χ0) is 20.2. The molecular formula is C21H30O5Si. The first-order valence-electron chi connectivity index (χ1n) is 9.35. The first-order chi connectivity index (χ1) is 12.5. The minimum absolute atomic E-state index is 0.0165. The van der Waals surface area contributed by atoms with E-state index in [0.29, 0.717) is 0 Å². The molecule has 0 unspecified atom stereocenters. The maximum Gasteiger partial charge on any atom is 0.317 e. The van der Waals surface area contributed by atoms with Crippen LogP contribution in [0.25, 0.3) is 6.08 Å². The summed E-state index contributed by atoms with van der Waals surface area (Å²) in [5, 5.41) is 0.0165. The van der Waals surface area contributed by atoms with Gasteiger partial charge in [0.1, 0.15) is 18.6 Å². The summed E-state index contributed by atoms with van der Waals surface area (Å²) in [5.41, 5.74) is 2.05. The van der Waals surface area contributed by atoms with E-state index in [1.165, 1.54) is 0 Å². The highest BCUT2D eigenvalue weighted by molar-refractivity contribution is 6.74. The molecule has 0 radical (unpaired) electrons. The first-order valence-corrected chi connectivity index (χ1v) is 12.3. The quantitative estimate of drug-likeness (QED) is 0.402. The lowest BCUT2D eigenvalue weighted by molar-refractivity contribution is -0.159. The summed E-state index contributed by atoms with van der Waals surface area (Å²) in [4.78, 5) is 23.8. The molecule has 0 amide bonds. The fourth-order valence-electron chi connectivity index (χ4n) is 2.65. The highest BCUT2D eigenvalue weighted by atomic mass is 28.4. The molecule has 6 heteroatoms. The Morgan fingerprint density at radius 1 is 1.11 bits per heavy atom. The number of carbonyl (C=O) groups excluding carboxylic acids is 2. The number of esters is 2. The molecule has 1 aromatic carbocycles. The molecule has 2 rings (SSSR count). The molecule has 0 spiro atoms. The maximum absolute atomic E-state index is 12.2. The molecule has 0 heterocycles. The number of carbonyl (C=O) groups is 2. The molecule has 0 fully saturated rings. The van der Waals surface area contributed by atoms with Crippen LogP contribution in [0.15, 0.2) is 30.3 Å². The molecule has 0 bridgehead atoms. The van der Waals surface area contributed by atoms with Crippen molar-refractivity contribution in [2.45, 2.75) is 64.5 Å². The van der Waals surface area contributed by atoms with E-state index in [0.717, 1.165) is 11.1 Å². The van der Waals surface area contributed by atoms with Gasteiger partial charge in [-0.2, -0.15) is 0 Å². The van der Waals surface area contributed by atoms with E-state index < -0.39 is 38.9 Å². The smallest absolute Gasteiger partial charge is 0.317 e. The molecule has 0 N–H and O–H groups in total. The lowest BCUT2D eigenvalue weighted by atomic mass is 9.93. The standard InChI is InChI=1S/C21H30O5Si/c1-7-24-18(22)14-19(23)25-17-13-12-15-10-8-9-11-16(15)20(17)26-27(5,6)21(2,3)4/h8-13,17,20H,7,14H2,1-6H3/t17-,20-/m1/s1. The number of ether oxygens (including phenoxy) is 2. The number of hydrogen-bond acceptors (Lipinski definition) is 5. The van der Waals surface area contributed by atoms with Gasteiger partial charge in [-0.3, -0.25) is 9.59 Å². The van der Waals surface area contributed by atoms with Crippen LogP contribution < -0.4 is 0 Å². The third-order valence-electron chi connectivity index (χ3n) is 5.16. The Kier molecular flexibility index (Phi) is 6.65. The van der Waals surface area contributed by atoms with Crippen LogP contribution in [0.4, 0.5) is 0 Å². The van der Waals surface area contributed by atoms with Crippen molar-refractivity contribution in [3.8, 4) is 0 Å². The van der Waals surface area contributed by atoms with Crippen LogP contribution in [0, 0.1) is 0 Å². The third-order valence-corrected chi connectivity index (χ3v) is 9.61. The van der Waals surface area contributed by atoms with Gasteiger partial charge in [0, 0.05) is 0 Å². The van der Waals surface area contributed by atoms with E-state index in [2.05, 4.69) is 33.9 Å². The van der Waals surface area contributed by atoms with Crippen molar-refractivity contribution in [1.82, 2.24) is 0 Å². The van der Waals surface area contributed by atoms with Crippen LogP contribution in [0.3, 0.4) is 0 Å². The van der Waals surface area contributed by atoms with Crippen LogP contribution >= 0.6 is 0 Å². The molecule has 0 aromatic heterocycles. The second-order valence-electron chi connectivity index (χ2n) is 8.22. The fraction of sp³-hybridized carbons (Fsp3) is 0.524. The van der Waals surface area contributed by atoms with Gasteiger partial charge in [0.2, 0.25) is 0 Å². The molecule has 1 aromatic rings. The molecule has 1 aliphatic carbocycles. The van der Waals surface area contributed by atoms with Gasteiger partial charge in [0.05, 0.1) is 6.61 Å². The summed E-state index contributed by atoms with van der Waals surface area (Å²) < 4.78 is 17.1. The van der Waals surface area contributed by atoms with E-state index in [1.807, 2.05) is 36.4 Å². The van der Waals surface area contributed by atoms with Gasteiger partial charge in [-0.1, -0.05) is 51.1 Å². The van der Waals surface area contributed by atoms with Gasteiger partial charge >= 0.3 is 11.9 Å². The molecule has 0 aliphatic heterocycles. The monoisotopic (exact) mass is 390 g/mol. The van der Waals surface area contributed by atoms with Gasteiger partial charge in [-0.25, -0.2) is 0 Å². The van der Waals surface area contributed by atoms with Crippen molar-refractivity contribution in [3.05, 3.63) is 41.5 Å². The number of benzene rings is 1. The van der Waals surface area contributed by atoms with E-state index in [1.54, 1.807) is 6.92 Å². The summed E-state index contributed by atoms with van der Waals surface area (Å²) in [6.07, 6.45) is 2.41. The SMILES string of the molecule is CCOC(=O)CC(=O)O[C@@H]1C=Cc2ccccc2[C@H]1O[Si](C)(C)C(C)(C)C. The van der Waals surface area contributed by atoms with Crippen molar-refractivity contribution in [2.75, 3.05) is 6.61 Å². The predicted octanol–water partition coefficient (Wildman–Crippen LogP) is 4.64. The Labute approximate surface area is 162 Å². The predicted molar refractivity (Wildman–Crippen MR) is 108 cm³/mol. The van der Waals surface area contributed by atoms with Gasteiger partial charge in [-0.15, -0.1) is 0 Å². The lowest BCUT2D eigenvalue weighted by Gasteiger charge is -2.42. The Morgan fingerprint density at radius 3 is 2.41 bits per heavy atom. The topological polar surface area (TPSA) is 61.8 Å². The molecule has 1 aliphatic rings. The van der Waals surface area contributed by atoms with E-state index in [9.17, 15) is 9.59 Å². The van der Waals surface area contributed by atoms with E-state index in [4.69, 9.17) is 13.9 Å². The zero-order valence-corrected chi connectivity index (χ0v) is 18.1. The Hall–Kier alpha value is -1.92. The van der Waals surface area contributed by atoms with E-state index in [-0.39, 0.29) is 11.6 Å². The summed E-state index contributed by atoms with van der Waals surface area (Å²) in [6, 6.07) is 7.95. The minimum atomic E-state index is -2.12. The highest BCUT2D eigenvalue weighted by Gasteiger charge is 2.42. The molecular weight excluding hydrogens is 360 g/mol. The summed E-state index contributed by atoms with van der Waals surface area (Å²) in [7, 11) is -2.12. The molecule has 5 nitrogen and oxygen atoms in total. The fourth-order valence-corrected chi connectivity index (χ4v) is 3.90. The number of fused-ring (bicyclic) bond motifs is 1. The van der Waals surface area contributed by atoms with Crippen LogP contribution in [0.2, 0.25) is 18.1 Å². The van der Waals surface area contributed by atoms with Gasteiger partial charge in [0.25, 0.3) is 0 Å². The summed E-state index contributed by atoms with van der Waals surface area (Å²) >= 11 is 0. The summed E-state index contributed by atoms with van der Waals surface area (Å²) in [6.45, 7) is 12.8. The Balaban J connectivity index is 2.25. The second kappa shape index (κ2) is 8.40. The maximum atomic E-state index is 12.2. The average molecular weight is 391 g/mol. The van der Waals surface area contributed by atoms with Crippen LogP contribution in [-0.2, 0) is 23.5 Å². The van der Waals surface area contributed by atoms with Crippen molar-refractivity contribution in [2.24, 2.45) is 0 Å². The molecule has 148 valence electrons. The highest BCUT2D eigenvalue weighted by Crippen LogP contribution is 2.43. The molecule has 0 saturated carbocycles. The van der Waals surface area contributed by atoms with Crippen LogP contribution in [0.1, 0.15) is 51.3 Å². The average Bonchev–Trinajstić information content (AvgIpc) is 2.56. The normalized spacial score (nSPS) is 19.3. The number of rotatable bonds is 6. The minimum Gasteiger partial charge on any atom is -0.466 e. The number of hydrogen-bond donors (Lipinski definition) is 0. The van der Waals surface area contributed by atoms with Crippen molar-refractivity contribution >= 4 is 26.3 Å². The van der Waals surface area contributed by atoms with Crippen LogP contribution in [0.5, 0.6) is 0 Å². The second-order valence-corrected chi connectivity index (χ2v) is 13.0. The molecule has 27 heavy (non-hydrogen) atoms. The first kappa shape index (κ1) is 21.4.